The number of halogens is 5. The maximum Gasteiger partial charge on any atom is 0.416 e. The van der Waals surface area contributed by atoms with Crippen molar-refractivity contribution >= 4 is 5.91 Å². The Morgan fingerprint density at radius 1 is 1.09 bits per heavy atom. The summed E-state index contributed by atoms with van der Waals surface area (Å²) in [4.78, 5) is 24.9. The molecule has 3 aromatic rings. The van der Waals surface area contributed by atoms with Gasteiger partial charge in [-0.25, -0.2) is 8.78 Å². The molecular weight excluding hydrogens is 463 g/mol. The Kier molecular flexibility index (Phi) is 7.23. The smallest absolute Gasteiger partial charge is 0.416 e. The van der Waals surface area contributed by atoms with Gasteiger partial charge in [0.2, 0.25) is 0 Å². The molecule has 2 aromatic carbocycles. The van der Waals surface area contributed by atoms with Crippen LogP contribution in [0.2, 0.25) is 0 Å². The Balaban J connectivity index is 1.77. The molecule has 0 aliphatic carbocycles. The van der Waals surface area contributed by atoms with E-state index in [0.29, 0.717) is 24.3 Å². The van der Waals surface area contributed by atoms with Crippen molar-refractivity contribution in [3.63, 3.8) is 0 Å². The lowest BCUT2D eigenvalue weighted by Gasteiger charge is -2.15. The van der Waals surface area contributed by atoms with Gasteiger partial charge in [0.1, 0.15) is 17.4 Å². The Morgan fingerprint density at radius 2 is 1.82 bits per heavy atom. The zero-order valence-corrected chi connectivity index (χ0v) is 17.7. The van der Waals surface area contributed by atoms with Crippen LogP contribution in [0.5, 0.6) is 11.5 Å². The van der Waals surface area contributed by atoms with Gasteiger partial charge in [0.15, 0.2) is 5.75 Å². The fraction of sp³-hybridized carbons (Fsp3) is 0.217. The van der Waals surface area contributed by atoms with Crippen LogP contribution in [0.3, 0.4) is 0 Å². The van der Waals surface area contributed by atoms with Crippen molar-refractivity contribution in [3.8, 4) is 22.8 Å². The average Bonchev–Trinajstić information content (AvgIpc) is 2.76. The summed E-state index contributed by atoms with van der Waals surface area (Å²) in [5.41, 5.74) is -3.30. The molecule has 6 nitrogen and oxygen atoms in total. The zero-order valence-electron chi connectivity index (χ0n) is 17.7. The molecule has 0 fully saturated rings. The Hall–Kier alpha value is -3.89. The van der Waals surface area contributed by atoms with Crippen LogP contribution in [-0.2, 0) is 13.2 Å². The molecule has 180 valence electrons. The van der Waals surface area contributed by atoms with Crippen molar-refractivity contribution in [1.29, 1.82) is 0 Å². The standard InChI is InChI=1S/C23H19F5N2O4/c1-30-19(13-8-14(23(26,27)28)10-16(25)9-13)12-18(20(31)22(30)33)21(32)29-6-3-7-34-17-5-2-4-15(24)11-17/h2,4-5,8-12,31H,3,6-7H2,1H3,(H,29,32). The molecule has 0 saturated heterocycles. The molecule has 11 heteroatoms. The Morgan fingerprint density at radius 3 is 2.50 bits per heavy atom. The molecule has 1 amide bonds. The van der Waals surface area contributed by atoms with E-state index in [1.165, 1.54) is 25.2 Å². The predicted molar refractivity (Wildman–Crippen MR) is 113 cm³/mol. The number of nitrogens with one attached hydrogen (secondary N) is 1. The number of benzene rings is 2. The normalized spacial score (nSPS) is 11.4. The first-order valence-corrected chi connectivity index (χ1v) is 9.95. The second-order valence-corrected chi connectivity index (χ2v) is 7.30. The molecule has 0 atom stereocenters. The second kappa shape index (κ2) is 9.94. The van der Waals surface area contributed by atoms with Gasteiger partial charge in [0.05, 0.1) is 23.4 Å². The number of nitrogens with zero attached hydrogens (tertiary/aromatic N) is 1. The van der Waals surface area contributed by atoms with Crippen molar-refractivity contribution in [2.45, 2.75) is 12.6 Å². The van der Waals surface area contributed by atoms with Crippen molar-refractivity contribution in [2.75, 3.05) is 13.2 Å². The fourth-order valence-electron chi connectivity index (χ4n) is 3.15. The van der Waals surface area contributed by atoms with E-state index in [0.717, 1.165) is 16.7 Å². The van der Waals surface area contributed by atoms with E-state index in [1.807, 2.05) is 0 Å². The minimum atomic E-state index is -4.83. The summed E-state index contributed by atoms with van der Waals surface area (Å²) in [5, 5.41) is 12.6. The van der Waals surface area contributed by atoms with E-state index in [-0.39, 0.29) is 24.4 Å². The van der Waals surface area contributed by atoms with Crippen LogP contribution in [0.25, 0.3) is 11.3 Å². The number of aromatic hydroxyl groups is 1. The number of alkyl halides is 3. The van der Waals surface area contributed by atoms with Crippen LogP contribution >= 0.6 is 0 Å². The third kappa shape index (κ3) is 5.72. The SMILES string of the molecule is Cn1c(-c2cc(F)cc(C(F)(F)F)c2)cc(C(=O)NCCCOc2cccc(F)c2)c(O)c1=O. The molecule has 3 rings (SSSR count). The molecule has 1 aromatic heterocycles. The maximum atomic E-state index is 13.8. The molecule has 1 heterocycles. The molecule has 0 aliphatic rings. The second-order valence-electron chi connectivity index (χ2n) is 7.30. The minimum absolute atomic E-state index is 0.0519. The maximum absolute atomic E-state index is 13.8. The van der Waals surface area contributed by atoms with E-state index < -0.39 is 46.2 Å². The number of carbonyl (C=O) groups excluding carboxylic acids is 1. The van der Waals surface area contributed by atoms with Crippen LogP contribution < -0.4 is 15.6 Å². The van der Waals surface area contributed by atoms with Gasteiger partial charge < -0.3 is 19.7 Å². The number of rotatable bonds is 7. The summed E-state index contributed by atoms with van der Waals surface area (Å²) < 4.78 is 72.4. The molecule has 34 heavy (non-hydrogen) atoms. The third-order valence-corrected chi connectivity index (χ3v) is 4.84. The summed E-state index contributed by atoms with van der Waals surface area (Å²) >= 11 is 0. The highest BCUT2D eigenvalue weighted by atomic mass is 19.4. The molecule has 0 saturated carbocycles. The fourth-order valence-corrected chi connectivity index (χ4v) is 3.15. The first kappa shape index (κ1) is 24.7. The number of hydrogen-bond acceptors (Lipinski definition) is 4. The van der Waals surface area contributed by atoms with Crippen LogP contribution in [0.15, 0.2) is 53.3 Å². The number of ether oxygens (including phenoxy) is 1. The van der Waals surface area contributed by atoms with Gasteiger partial charge in [0, 0.05) is 25.2 Å². The van der Waals surface area contributed by atoms with Crippen molar-refractivity contribution < 1.29 is 36.6 Å². The molecule has 0 unspecified atom stereocenters. The number of amides is 1. The lowest BCUT2D eigenvalue weighted by molar-refractivity contribution is -0.137. The third-order valence-electron chi connectivity index (χ3n) is 4.84. The highest BCUT2D eigenvalue weighted by Gasteiger charge is 2.32. The molecule has 2 N–H and O–H groups in total. The first-order chi connectivity index (χ1) is 16.0. The van der Waals surface area contributed by atoms with E-state index in [9.17, 15) is 36.6 Å². The van der Waals surface area contributed by atoms with Crippen LogP contribution in [0, 0.1) is 11.6 Å². The number of carbonyl (C=O) groups is 1. The molecule has 0 bridgehead atoms. The van der Waals surface area contributed by atoms with E-state index in [2.05, 4.69) is 5.32 Å². The predicted octanol–water partition coefficient (Wildman–Crippen LogP) is 4.25. The largest absolute Gasteiger partial charge is 0.502 e. The van der Waals surface area contributed by atoms with Gasteiger partial charge in [-0.15, -0.1) is 0 Å². The first-order valence-electron chi connectivity index (χ1n) is 9.95. The molecule has 0 spiro atoms. The average molecular weight is 482 g/mol. The van der Waals surface area contributed by atoms with E-state index in [4.69, 9.17) is 4.74 Å². The zero-order chi connectivity index (χ0) is 25.0. The monoisotopic (exact) mass is 482 g/mol. The molecular formula is C23H19F5N2O4. The van der Waals surface area contributed by atoms with Crippen molar-refractivity contribution in [2.24, 2.45) is 7.05 Å². The molecule has 0 aliphatic heterocycles. The van der Waals surface area contributed by atoms with Gasteiger partial charge in [-0.3, -0.25) is 9.59 Å². The number of pyridine rings is 1. The van der Waals surface area contributed by atoms with Gasteiger partial charge in [-0.05, 0) is 42.8 Å². The van der Waals surface area contributed by atoms with E-state index in [1.54, 1.807) is 6.07 Å². The van der Waals surface area contributed by atoms with Crippen molar-refractivity contribution in [3.05, 3.63) is 81.6 Å². The number of hydrogen-bond donors (Lipinski definition) is 2. The van der Waals surface area contributed by atoms with Crippen LogP contribution in [0.1, 0.15) is 22.3 Å². The quantitative estimate of drug-likeness (QED) is 0.390. The lowest BCUT2D eigenvalue weighted by atomic mass is 10.0. The highest BCUT2D eigenvalue weighted by molar-refractivity contribution is 5.97. The van der Waals surface area contributed by atoms with Crippen LogP contribution in [0.4, 0.5) is 22.0 Å². The van der Waals surface area contributed by atoms with Crippen molar-refractivity contribution in [1.82, 2.24) is 9.88 Å². The van der Waals surface area contributed by atoms with Gasteiger partial charge >= 0.3 is 6.18 Å². The van der Waals surface area contributed by atoms with Gasteiger partial charge in [0.25, 0.3) is 11.5 Å². The topological polar surface area (TPSA) is 80.6 Å². The number of aromatic nitrogens is 1. The van der Waals surface area contributed by atoms with Crippen LogP contribution in [-0.4, -0.2) is 28.7 Å². The summed E-state index contributed by atoms with van der Waals surface area (Å²) in [6.45, 7) is 0.178. The highest BCUT2D eigenvalue weighted by Crippen LogP contribution is 2.33. The van der Waals surface area contributed by atoms with Gasteiger partial charge in [-0.1, -0.05) is 6.07 Å². The van der Waals surface area contributed by atoms with E-state index >= 15 is 0 Å². The Bertz CT molecular complexity index is 1270. The molecule has 0 radical (unpaired) electrons. The lowest BCUT2D eigenvalue weighted by Crippen LogP contribution is -2.29. The van der Waals surface area contributed by atoms with Gasteiger partial charge in [-0.2, -0.15) is 13.2 Å². The Labute approximate surface area is 190 Å². The summed E-state index contributed by atoms with van der Waals surface area (Å²) in [6.07, 6.45) is -4.54. The minimum Gasteiger partial charge on any atom is -0.502 e. The summed E-state index contributed by atoms with van der Waals surface area (Å²) in [5.74, 6) is -3.13. The summed E-state index contributed by atoms with van der Waals surface area (Å²) in [7, 11) is 1.17. The summed E-state index contributed by atoms with van der Waals surface area (Å²) in [6, 6.07) is 8.20.